The van der Waals surface area contributed by atoms with Crippen LogP contribution in [0, 0.1) is 0 Å². The van der Waals surface area contributed by atoms with Crippen LogP contribution in [0.15, 0.2) is 102 Å². The van der Waals surface area contributed by atoms with E-state index in [1.54, 1.807) is 18.0 Å². The van der Waals surface area contributed by atoms with E-state index in [1.807, 2.05) is 95.9 Å². The van der Waals surface area contributed by atoms with E-state index in [9.17, 15) is 14.7 Å². The van der Waals surface area contributed by atoms with Gasteiger partial charge in [0.05, 0.1) is 42.5 Å². The SMILES string of the molecule is COc1cc(NC(=O)CCCc2ccc(N(CCO)CCn3cnc4nc(N)[nH]c(=O)c43)cc2)ccc1Nc1c2ccccc2nc2ccccc12. The number of amides is 1. The minimum absolute atomic E-state index is 0.0230. The van der Waals surface area contributed by atoms with E-state index in [0.717, 1.165) is 50.9 Å². The van der Waals surface area contributed by atoms with Crippen molar-refractivity contribution in [1.29, 1.82) is 0 Å². The number of fused-ring (bicyclic) bond motifs is 3. The molecule has 7 aromatic rings. The number of aromatic nitrogens is 5. The Balaban J connectivity index is 0.944. The fourth-order valence-electron chi connectivity index (χ4n) is 6.42. The molecule has 0 aliphatic rings. The summed E-state index contributed by atoms with van der Waals surface area (Å²) in [5.74, 6) is 0.547. The lowest BCUT2D eigenvalue weighted by Crippen LogP contribution is -2.30. The summed E-state index contributed by atoms with van der Waals surface area (Å²) in [5.41, 5.74) is 12.1. The first kappa shape index (κ1) is 34.0. The molecule has 6 N–H and O–H groups in total. The normalized spacial score (nSPS) is 11.3. The molecule has 0 unspecified atom stereocenters. The number of nitrogen functional groups attached to an aromatic ring is 1. The lowest BCUT2D eigenvalue weighted by Gasteiger charge is -2.24. The van der Waals surface area contributed by atoms with Gasteiger partial charge >= 0.3 is 0 Å². The fourth-order valence-corrected chi connectivity index (χ4v) is 6.42. The molecule has 0 saturated carbocycles. The van der Waals surface area contributed by atoms with Gasteiger partial charge in [-0.05, 0) is 54.8 Å². The summed E-state index contributed by atoms with van der Waals surface area (Å²) in [4.78, 5) is 43.0. The molecular formula is C39H39N9O4. The Kier molecular flexibility index (Phi) is 9.93. The maximum Gasteiger partial charge on any atom is 0.278 e. The number of pyridine rings is 1. The zero-order chi connectivity index (χ0) is 36.0. The Morgan fingerprint density at radius 2 is 1.69 bits per heavy atom. The zero-order valence-corrected chi connectivity index (χ0v) is 28.7. The number of H-pyrrole nitrogens is 1. The van der Waals surface area contributed by atoms with Gasteiger partial charge in [0.25, 0.3) is 5.56 Å². The number of ether oxygens (including phenoxy) is 1. The van der Waals surface area contributed by atoms with Crippen LogP contribution in [0.3, 0.4) is 0 Å². The number of carbonyl (C=O) groups is 1. The van der Waals surface area contributed by atoms with E-state index in [0.29, 0.717) is 55.1 Å². The van der Waals surface area contributed by atoms with Gasteiger partial charge in [-0.1, -0.05) is 48.5 Å². The summed E-state index contributed by atoms with van der Waals surface area (Å²) in [5, 5.41) is 18.3. The minimum Gasteiger partial charge on any atom is -0.494 e. The van der Waals surface area contributed by atoms with E-state index in [1.165, 1.54) is 0 Å². The van der Waals surface area contributed by atoms with Crippen LogP contribution in [-0.4, -0.2) is 62.3 Å². The lowest BCUT2D eigenvalue weighted by molar-refractivity contribution is -0.116. The molecule has 0 saturated heterocycles. The Morgan fingerprint density at radius 3 is 2.40 bits per heavy atom. The number of benzene rings is 4. The summed E-state index contributed by atoms with van der Waals surface area (Å²) in [7, 11) is 1.61. The summed E-state index contributed by atoms with van der Waals surface area (Å²) in [6, 6.07) is 29.7. The number of nitrogens with two attached hydrogens (primary N) is 1. The number of nitrogens with one attached hydrogen (secondary N) is 3. The highest BCUT2D eigenvalue weighted by Gasteiger charge is 2.15. The van der Waals surface area contributed by atoms with E-state index < -0.39 is 0 Å². The number of aliphatic hydroxyl groups excluding tert-OH is 1. The first-order valence-electron chi connectivity index (χ1n) is 17.1. The van der Waals surface area contributed by atoms with Crippen molar-refractivity contribution in [3.63, 3.8) is 0 Å². The predicted octanol–water partition coefficient (Wildman–Crippen LogP) is 5.62. The van der Waals surface area contributed by atoms with Crippen molar-refractivity contribution in [2.75, 3.05) is 48.1 Å². The number of aromatic amines is 1. The van der Waals surface area contributed by atoms with Gasteiger partial charge in [0, 0.05) is 54.3 Å². The van der Waals surface area contributed by atoms with E-state index in [4.69, 9.17) is 15.5 Å². The Morgan fingerprint density at radius 1 is 0.962 bits per heavy atom. The van der Waals surface area contributed by atoms with Gasteiger partial charge in [-0.2, -0.15) is 4.98 Å². The lowest BCUT2D eigenvalue weighted by atomic mass is 10.1. The van der Waals surface area contributed by atoms with Gasteiger partial charge in [0.1, 0.15) is 5.75 Å². The molecule has 0 radical (unpaired) electrons. The molecule has 52 heavy (non-hydrogen) atoms. The third-order valence-electron chi connectivity index (χ3n) is 8.99. The quantitative estimate of drug-likeness (QED) is 0.0898. The van der Waals surface area contributed by atoms with E-state index in [-0.39, 0.29) is 24.0 Å². The number of nitrogens with zero attached hydrogens (tertiary/aromatic N) is 5. The number of rotatable bonds is 14. The van der Waals surface area contributed by atoms with Gasteiger partial charge in [-0.15, -0.1) is 0 Å². The predicted molar refractivity (Wildman–Crippen MR) is 205 cm³/mol. The molecule has 4 aromatic carbocycles. The van der Waals surface area contributed by atoms with Crippen LogP contribution in [0.1, 0.15) is 18.4 Å². The zero-order valence-electron chi connectivity index (χ0n) is 28.7. The Bertz CT molecular complexity index is 2370. The van der Waals surface area contributed by atoms with Crippen LogP contribution in [0.5, 0.6) is 5.75 Å². The summed E-state index contributed by atoms with van der Waals surface area (Å²) < 4.78 is 7.47. The molecule has 0 fully saturated rings. The monoisotopic (exact) mass is 697 g/mol. The van der Waals surface area contributed by atoms with E-state index in [2.05, 4.69) is 25.6 Å². The number of methoxy groups -OCH3 is 1. The van der Waals surface area contributed by atoms with Crippen LogP contribution in [0.25, 0.3) is 33.0 Å². The van der Waals surface area contributed by atoms with Gasteiger partial charge in [-0.3, -0.25) is 14.6 Å². The molecular weight excluding hydrogens is 658 g/mol. The highest BCUT2D eigenvalue weighted by Crippen LogP contribution is 2.37. The summed E-state index contributed by atoms with van der Waals surface area (Å²) in [6.45, 7) is 1.40. The van der Waals surface area contributed by atoms with Crippen molar-refractivity contribution >= 4 is 67.6 Å². The molecule has 264 valence electrons. The molecule has 3 aromatic heterocycles. The topological polar surface area (TPSA) is 176 Å². The smallest absolute Gasteiger partial charge is 0.278 e. The molecule has 0 aliphatic heterocycles. The molecule has 0 bridgehead atoms. The second kappa shape index (κ2) is 15.2. The van der Waals surface area contributed by atoms with Gasteiger partial charge in [0.2, 0.25) is 11.9 Å². The van der Waals surface area contributed by atoms with Crippen molar-refractivity contribution in [3.8, 4) is 5.75 Å². The average Bonchev–Trinajstić information content (AvgIpc) is 3.57. The highest BCUT2D eigenvalue weighted by molar-refractivity contribution is 6.09. The van der Waals surface area contributed by atoms with Crippen LogP contribution < -0.4 is 31.6 Å². The van der Waals surface area contributed by atoms with Gasteiger partial charge < -0.3 is 35.7 Å². The number of imidazole rings is 1. The summed E-state index contributed by atoms with van der Waals surface area (Å²) in [6.07, 6.45) is 3.33. The van der Waals surface area contributed by atoms with Crippen molar-refractivity contribution in [1.82, 2.24) is 24.5 Å². The molecule has 3 heterocycles. The molecule has 0 aliphatic carbocycles. The Hall–Kier alpha value is -6.47. The number of anilines is 5. The molecule has 0 atom stereocenters. The number of aliphatic hydroxyl groups is 1. The molecule has 1 amide bonds. The Labute approximate surface area is 299 Å². The van der Waals surface area contributed by atoms with Gasteiger partial charge in [0.15, 0.2) is 11.2 Å². The first-order valence-corrected chi connectivity index (χ1v) is 17.1. The van der Waals surface area contributed by atoms with Crippen LogP contribution in [0.2, 0.25) is 0 Å². The molecule has 0 spiro atoms. The third kappa shape index (κ3) is 7.35. The minimum atomic E-state index is -0.346. The largest absolute Gasteiger partial charge is 0.494 e. The number of hydrogen-bond donors (Lipinski definition) is 5. The summed E-state index contributed by atoms with van der Waals surface area (Å²) >= 11 is 0. The number of para-hydroxylation sites is 2. The maximum atomic E-state index is 12.9. The van der Waals surface area contributed by atoms with Crippen molar-refractivity contribution in [2.45, 2.75) is 25.8 Å². The van der Waals surface area contributed by atoms with Crippen molar-refractivity contribution < 1.29 is 14.6 Å². The van der Waals surface area contributed by atoms with Crippen LogP contribution >= 0.6 is 0 Å². The maximum absolute atomic E-state index is 12.9. The number of hydrogen-bond acceptors (Lipinski definition) is 10. The highest BCUT2D eigenvalue weighted by atomic mass is 16.5. The van der Waals surface area contributed by atoms with Crippen molar-refractivity contribution in [3.05, 3.63) is 113 Å². The van der Waals surface area contributed by atoms with Crippen molar-refractivity contribution in [2.24, 2.45) is 0 Å². The van der Waals surface area contributed by atoms with E-state index >= 15 is 0 Å². The first-order chi connectivity index (χ1) is 25.4. The fraction of sp³-hybridized carbons (Fsp3) is 0.205. The molecule has 13 nitrogen and oxygen atoms in total. The van der Waals surface area contributed by atoms with Gasteiger partial charge in [-0.25, -0.2) is 9.97 Å². The number of carbonyl (C=O) groups excluding carboxylic acids is 1. The van der Waals surface area contributed by atoms with Crippen LogP contribution in [0.4, 0.5) is 28.7 Å². The van der Waals surface area contributed by atoms with Crippen LogP contribution in [-0.2, 0) is 17.8 Å². The average molecular weight is 698 g/mol. The standard InChI is InChI=1S/C39H39N9O4/c1-52-33-23-26(15-18-32(33)44-35-28-8-2-4-10-30(28)43-31-11-5-3-9-29(31)35)42-34(50)12-6-7-25-13-16-27(17-14-25)47(21-22-49)19-20-48-24-41-37-36(48)38(51)46-39(40)45-37/h2-5,8-11,13-18,23-24,49H,6-7,12,19-22H2,1H3,(H,42,50)(H,43,44)(H3,40,45,46,51). The third-order valence-corrected chi connectivity index (χ3v) is 8.99. The number of aryl methyl sites for hydroxylation is 1. The molecule has 13 heteroatoms. The molecule has 7 rings (SSSR count). The second-order valence-electron chi connectivity index (χ2n) is 12.4. The second-order valence-corrected chi connectivity index (χ2v) is 12.4.